The van der Waals surface area contributed by atoms with Crippen molar-refractivity contribution in [1.29, 1.82) is 0 Å². The number of hydrogen-bond acceptors (Lipinski definition) is 6. The maximum Gasteiger partial charge on any atom is 0.246 e. The van der Waals surface area contributed by atoms with Gasteiger partial charge in [-0.05, 0) is 18.6 Å². The third kappa shape index (κ3) is 3.08. The fourth-order valence-corrected chi connectivity index (χ4v) is 2.24. The smallest absolute Gasteiger partial charge is 0.246 e. The van der Waals surface area contributed by atoms with Crippen LogP contribution in [0.15, 0.2) is 28.9 Å². The van der Waals surface area contributed by atoms with Gasteiger partial charge in [-0.1, -0.05) is 11.2 Å². The largest absolute Gasteiger partial charge is 0.381 e. The summed E-state index contributed by atoms with van der Waals surface area (Å²) in [6.45, 7) is 1.43. The molecule has 1 saturated heterocycles. The molecule has 1 fully saturated rings. The van der Waals surface area contributed by atoms with E-state index in [-0.39, 0.29) is 18.4 Å². The Morgan fingerprint density at radius 2 is 2.38 bits per heavy atom. The van der Waals surface area contributed by atoms with Gasteiger partial charge in [0.05, 0.1) is 19.1 Å². The normalized spacial score (nSPS) is 17.9. The molecular formula is C14H16N4O3. The minimum Gasteiger partial charge on any atom is -0.381 e. The standard InChI is InChI=1S/C14H16N4O3/c1-18(14(19)10-5-7-20-9-10)8-12-16-13(17-21-12)11-4-2-3-6-15-11/h2-4,6,10H,5,7-9H2,1H3/t10-/m0/s1. The molecule has 1 atom stereocenters. The Kier molecular flexibility index (Phi) is 3.92. The van der Waals surface area contributed by atoms with Gasteiger partial charge in [0.25, 0.3) is 0 Å². The third-order valence-corrected chi connectivity index (χ3v) is 3.39. The second kappa shape index (κ2) is 6.01. The van der Waals surface area contributed by atoms with E-state index in [2.05, 4.69) is 15.1 Å². The van der Waals surface area contributed by atoms with Crippen LogP contribution in [0.5, 0.6) is 0 Å². The lowest BCUT2D eigenvalue weighted by Gasteiger charge is -2.18. The van der Waals surface area contributed by atoms with E-state index in [1.165, 1.54) is 0 Å². The van der Waals surface area contributed by atoms with E-state index < -0.39 is 0 Å². The van der Waals surface area contributed by atoms with Crippen LogP contribution in [0, 0.1) is 5.92 Å². The first kappa shape index (κ1) is 13.7. The maximum absolute atomic E-state index is 12.2. The highest BCUT2D eigenvalue weighted by molar-refractivity contribution is 5.78. The molecule has 0 N–H and O–H groups in total. The highest BCUT2D eigenvalue weighted by atomic mass is 16.5. The maximum atomic E-state index is 12.2. The summed E-state index contributed by atoms with van der Waals surface area (Å²) in [5, 5.41) is 3.89. The quantitative estimate of drug-likeness (QED) is 0.838. The highest BCUT2D eigenvalue weighted by Gasteiger charge is 2.27. The van der Waals surface area contributed by atoms with Gasteiger partial charge in [-0.25, -0.2) is 0 Å². The Balaban J connectivity index is 1.65. The molecule has 0 saturated carbocycles. The number of aromatic nitrogens is 3. The van der Waals surface area contributed by atoms with Gasteiger partial charge in [0.15, 0.2) is 0 Å². The Morgan fingerprint density at radius 3 is 3.10 bits per heavy atom. The summed E-state index contributed by atoms with van der Waals surface area (Å²) in [6, 6.07) is 5.48. The van der Waals surface area contributed by atoms with Crippen LogP contribution in [0.4, 0.5) is 0 Å². The molecule has 110 valence electrons. The van der Waals surface area contributed by atoms with Crippen LogP contribution in [-0.2, 0) is 16.1 Å². The monoisotopic (exact) mass is 288 g/mol. The SMILES string of the molecule is CN(Cc1nc(-c2ccccn2)no1)C(=O)[C@H]1CCOC1. The predicted molar refractivity (Wildman–Crippen MR) is 72.9 cm³/mol. The summed E-state index contributed by atoms with van der Waals surface area (Å²) in [5.74, 6) is 0.805. The highest BCUT2D eigenvalue weighted by Crippen LogP contribution is 2.17. The van der Waals surface area contributed by atoms with Crippen LogP contribution < -0.4 is 0 Å². The molecule has 0 unspecified atom stereocenters. The van der Waals surface area contributed by atoms with E-state index in [0.717, 1.165) is 6.42 Å². The number of carbonyl (C=O) groups is 1. The number of rotatable bonds is 4. The number of pyridine rings is 1. The summed E-state index contributed by atoms with van der Waals surface area (Å²) in [5.41, 5.74) is 0.644. The zero-order chi connectivity index (χ0) is 14.7. The minimum atomic E-state index is -0.0619. The first-order chi connectivity index (χ1) is 10.2. The molecule has 7 heteroatoms. The Bertz CT molecular complexity index is 608. The van der Waals surface area contributed by atoms with Gasteiger partial charge in [0, 0.05) is 19.9 Å². The molecule has 7 nitrogen and oxygen atoms in total. The number of carbonyl (C=O) groups excluding carboxylic acids is 1. The van der Waals surface area contributed by atoms with Gasteiger partial charge < -0.3 is 14.2 Å². The van der Waals surface area contributed by atoms with Gasteiger partial charge in [0.2, 0.25) is 17.6 Å². The number of amides is 1. The number of nitrogens with zero attached hydrogens (tertiary/aromatic N) is 4. The lowest BCUT2D eigenvalue weighted by atomic mass is 10.1. The molecule has 0 aromatic carbocycles. The van der Waals surface area contributed by atoms with Crippen LogP contribution in [0.3, 0.4) is 0 Å². The van der Waals surface area contributed by atoms with Crippen molar-refractivity contribution in [3.05, 3.63) is 30.3 Å². The van der Waals surface area contributed by atoms with E-state index >= 15 is 0 Å². The lowest BCUT2D eigenvalue weighted by molar-refractivity contribution is -0.135. The molecule has 3 heterocycles. The van der Waals surface area contributed by atoms with Crippen molar-refractivity contribution in [2.45, 2.75) is 13.0 Å². The summed E-state index contributed by atoms with van der Waals surface area (Å²) < 4.78 is 10.4. The van der Waals surface area contributed by atoms with E-state index in [9.17, 15) is 4.79 Å². The molecular weight excluding hydrogens is 272 g/mol. The predicted octanol–water partition coefficient (Wildman–Crippen LogP) is 1.13. The molecule has 1 aliphatic rings. The van der Waals surface area contributed by atoms with Gasteiger partial charge in [-0.15, -0.1) is 0 Å². The number of hydrogen-bond donors (Lipinski definition) is 0. The molecule has 0 bridgehead atoms. The molecule has 0 aliphatic carbocycles. The Morgan fingerprint density at radius 1 is 1.48 bits per heavy atom. The van der Waals surface area contributed by atoms with Crippen LogP contribution in [0.1, 0.15) is 12.3 Å². The van der Waals surface area contributed by atoms with Gasteiger partial charge >= 0.3 is 0 Å². The van der Waals surface area contributed by atoms with E-state index in [1.54, 1.807) is 24.2 Å². The topological polar surface area (TPSA) is 81.4 Å². The van der Waals surface area contributed by atoms with Crippen molar-refractivity contribution in [1.82, 2.24) is 20.0 Å². The second-order valence-corrected chi connectivity index (χ2v) is 4.98. The Hall–Kier alpha value is -2.28. The van der Waals surface area contributed by atoms with Crippen molar-refractivity contribution < 1.29 is 14.1 Å². The van der Waals surface area contributed by atoms with Crippen LogP contribution in [-0.4, -0.2) is 46.2 Å². The van der Waals surface area contributed by atoms with Crippen molar-refractivity contribution in [3.8, 4) is 11.5 Å². The molecule has 1 aliphatic heterocycles. The average Bonchev–Trinajstić information content (AvgIpc) is 3.19. The second-order valence-electron chi connectivity index (χ2n) is 4.98. The minimum absolute atomic E-state index is 0.0464. The first-order valence-electron chi connectivity index (χ1n) is 6.81. The molecule has 3 rings (SSSR count). The molecule has 2 aromatic heterocycles. The Labute approximate surface area is 121 Å². The van der Waals surface area contributed by atoms with Crippen molar-refractivity contribution in [2.75, 3.05) is 20.3 Å². The fourth-order valence-electron chi connectivity index (χ4n) is 2.24. The molecule has 0 spiro atoms. The average molecular weight is 288 g/mol. The molecule has 21 heavy (non-hydrogen) atoms. The first-order valence-corrected chi connectivity index (χ1v) is 6.81. The summed E-state index contributed by atoms with van der Waals surface area (Å²) in [7, 11) is 1.73. The van der Waals surface area contributed by atoms with Crippen molar-refractivity contribution >= 4 is 5.91 Å². The van der Waals surface area contributed by atoms with Crippen LogP contribution in [0.25, 0.3) is 11.5 Å². The van der Waals surface area contributed by atoms with E-state index in [1.807, 2.05) is 12.1 Å². The number of ether oxygens (including phenoxy) is 1. The fraction of sp³-hybridized carbons (Fsp3) is 0.429. The third-order valence-electron chi connectivity index (χ3n) is 3.39. The molecule has 0 radical (unpaired) electrons. The van der Waals surface area contributed by atoms with Gasteiger partial charge in [-0.2, -0.15) is 4.98 Å². The summed E-state index contributed by atoms with van der Waals surface area (Å²) >= 11 is 0. The van der Waals surface area contributed by atoms with E-state index in [4.69, 9.17) is 9.26 Å². The van der Waals surface area contributed by atoms with Gasteiger partial charge in [-0.3, -0.25) is 9.78 Å². The summed E-state index contributed by atoms with van der Waals surface area (Å²) in [6.07, 6.45) is 2.44. The summed E-state index contributed by atoms with van der Waals surface area (Å²) in [4.78, 5) is 22.2. The van der Waals surface area contributed by atoms with Crippen LogP contribution in [0.2, 0.25) is 0 Å². The van der Waals surface area contributed by atoms with Gasteiger partial charge in [0.1, 0.15) is 5.69 Å². The zero-order valence-electron chi connectivity index (χ0n) is 11.7. The lowest BCUT2D eigenvalue weighted by Crippen LogP contribution is -2.32. The van der Waals surface area contributed by atoms with Crippen molar-refractivity contribution in [3.63, 3.8) is 0 Å². The molecule has 1 amide bonds. The zero-order valence-corrected chi connectivity index (χ0v) is 11.7. The van der Waals surface area contributed by atoms with Crippen LogP contribution >= 0.6 is 0 Å². The van der Waals surface area contributed by atoms with Crippen molar-refractivity contribution in [2.24, 2.45) is 5.92 Å². The van der Waals surface area contributed by atoms with E-state index in [0.29, 0.717) is 30.6 Å². The molecule has 2 aromatic rings.